The maximum absolute atomic E-state index is 15.4. The number of ether oxygens (including phenoxy) is 2. The first kappa shape index (κ1) is 39.2. The van der Waals surface area contributed by atoms with E-state index in [0.29, 0.717) is 12.1 Å². The Morgan fingerprint density at radius 1 is 0.817 bits per heavy atom. The van der Waals surface area contributed by atoms with Crippen LogP contribution in [0.2, 0.25) is 0 Å². The number of nitrogens with zero attached hydrogens (tertiary/aromatic N) is 3. The van der Waals surface area contributed by atoms with Crippen LogP contribution in [0.1, 0.15) is 59.8 Å². The van der Waals surface area contributed by atoms with Gasteiger partial charge in [0.05, 0.1) is 49.7 Å². The van der Waals surface area contributed by atoms with Gasteiger partial charge in [-0.3, -0.25) is 19.3 Å². The van der Waals surface area contributed by atoms with Crippen LogP contribution in [0.15, 0.2) is 140 Å². The van der Waals surface area contributed by atoms with Crippen LogP contribution < -0.4 is 14.5 Å². The van der Waals surface area contributed by atoms with E-state index in [4.69, 9.17) is 9.47 Å². The Labute approximate surface area is 350 Å². The molecule has 60 heavy (non-hydrogen) atoms. The maximum atomic E-state index is 15.4. The molecule has 6 aromatic carbocycles. The third-order valence-corrected chi connectivity index (χ3v) is 13.1. The van der Waals surface area contributed by atoms with Crippen LogP contribution in [-0.4, -0.2) is 54.1 Å². The summed E-state index contributed by atoms with van der Waals surface area (Å²) < 4.78 is 12.7. The second-order valence-electron chi connectivity index (χ2n) is 16.8. The van der Waals surface area contributed by atoms with Gasteiger partial charge in [0.1, 0.15) is 5.75 Å². The van der Waals surface area contributed by atoms with E-state index < -0.39 is 17.1 Å². The van der Waals surface area contributed by atoms with Crippen molar-refractivity contribution in [2.24, 2.45) is 11.8 Å². The molecular weight excluding hydrogens is 751 g/mol. The van der Waals surface area contributed by atoms with Crippen molar-refractivity contribution < 1.29 is 29.0 Å². The van der Waals surface area contributed by atoms with Crippen molar-refractivity contribution in [3.8, 4) is 5.75 Å². The number of aliphatic hydroxyl groups excluding tert-OH is 1. The SMILES string of the molecule is COc1ccc(C(C)(C)[C@@H]2[C@@H](CC(=O)N(CCO)Cc3ccccc3)O[C@]3(C(=O)N(Cc4ccc(N5C(=O)c6cccc7cccc5c67)cc4)c4ccccc43)[C@H]2C)cc1. The van der Waals surface area contributed by atoms with Crippen molar-refractivity contribution in [1.82, 2.24) is 4.90 Å². The lowest BCUT2D eigenvalue weighted by molar-refractivity contribution is -0.150. The van der Waals surface area contributed by atoms with E-state index in [0.717, 1.165) is 55.8 Å². The Hall–Kier alpha value is -6.29. The van der Waals surface area contributed by atoms with Crippen LogP contribution >= 0.6 is 0 Å². The van der Waals surface area contributed by atoms with Crippen LogP contribution in [-0.2, 0) is 38.4 Å². The summed E-state index contributed by atoms with van der Waals surface area (Å²) in [4.78, 5) is 48.7. The molecule has 1 N–H and O–H groups in total. The Balaban J connectivity index is 1.05. The minimum atomic E-state index is -1.36. The second kappa shape index (κ2) is 15.4. The van der Waals surface area contributed by atoms with Crippen LogP contribution in [0.5, 0.6) is 5.75 Å². The van der Waals surface area contributed by atoms with Gasteiger partial charge in [-0.05, 0) is 70.0 Å². The molecule has 0 bridgehead atoms. The summed E-state index contributed by atoms with van der Waals surface area (Å²) in [5, 5.41) is 12.0. The maximum Gasteiger partial charge on any atom is 0.264 e. The number of hydrogen-bond donors (Lipinski definition) is 1. The fraction of sp³-hybridized carbons (Fsp3) is 0.275. The molecule has 9 nitrogen and oxygen atoms in total. The quantitative estimate of drug-likeness (QED) is 0.133. The van der Waals surface area contributed by atoms with Crippen molar-refractivity contribution in [2.75, 3.05) is 30.1 Å². The molecule has 0 aliphatic carbocycles. The topological polar surface area (TPSA) is 99.6 Å². The zero-order chi connectivity index (χ0) is 41.8. The first-order valence-corrected chi connectivity index (χ1v) is 20.7. The second-order valence-corrected chi connectivity index (χ2v) is 16.8. The molecule has 0 aromatic heterocycles. The Morgan fingerprint density at radius 3 is 2.22 bits per heavy atom. The summed E-state index contributed by atoms with van der Waals surface area (Å²) >= 11 is 0. The Kier molecular flexibility index (Phi) is 10.0. The summed E-state index contributed by atoms with van der Waals surface area (Å²) in [7, 11) is 1.64. The zero-order valence-corrected chi connectivity index (χ0v) is 34.4. The number of hydrogen-bond acceptors (Lipinski definition) is 6. The summed E-state index contributed by atoms with van der Waals surface area (Å²) in [6, 6.07) is 45.2. The normalized spacial score (nSPS) is 20.6. The van der Waals surface area contributed by atoms with Crippen LogP contribution in [0, 0.1) is 11.8 Å². The highest BCUT2D eigenvalue weighted by atomic mass is 16.5. The average Bonchev–Trinajstić information content (AvgIpc) is 3.82. The fourth-order valence-electron chi connectivity index (χ4n) is 10.2. The van der Waals surface area contributed by atoms with Crippen LogP contribution in [0.3, 0.4) is 0 Å². The summed E-state index contributed by atoms with van der Waals surface area (Å²) in [6.07, 6.45) is -0.600. The highest BCUT2D eigenvalue weighted by Crippen LogP contribution is 2.60. The van der Waals surface area contributed by atoms with Gasteiger partial charge in [0, 0.05) is 41.6 Å². The molecular formula is C51H49N3O6. The Morgan fingerprint density at radius 2 is 1.50 bits per heavy atom. The summed E-state index contributed by atoms with van der Waals surface area (Å²) in [6.45, 7) is 7.06. The van der Waals surface area contributed by atoms with Gasteiger partial charge in [-0.25, -0.2) is 0 Å². The molecule has 0 saturated carbocycles. The van der Waals surface area contributed by atoms with E-state index in [9.17, 15) is 14.7 Å². The lowest BCUT2D eigenvalue weighted by Crippen LogP contribution is -2.45. The van der Waals surface area contributed by atoms with Crippen LogP contribution in [0.25, 0.3) is 10.8 Å². The number of carbonyl (C=O) groups excluding carboxylic acids is 3. The fourth-order valence-corrected chi connectivity index (χ4v) is 10.2. The highest BCUT2D eigenvalue weighted by Gasteiger charge is 2.66. The van der Waals surface area contributed by atoms with Gasteiger partial charge in [0.15, 0.2) is 5.60 Å². The molecule has 0 unspecified atom stereocenters. The smallest absolute Gasteiger partial charge is 0.264 e. The molecule has 304 valence electrons. The molecule has 3 heterocycles. The van der Waals surface area contributed by atoms with Gasteiger partial charge in [-0.1, -0.05) is 118 Å². The Bertz CT molecular complexity index is 2590. The molecule has 0 radical (unpaired) electrons. The average molecular weight is 800 g/mol. The zero-order valence-electron chi connectivity index (χ0n) is 34.4. The first-order valence-electron chi connectivity index (χ1n) is 20.7. The monoisotopic (exact) mass is 799 g/mol. The minimum absolute atomic E-state index is 0.0346. The number of para-hydroxylation sites is 1. The summed E-state index contributed by atoms with van der Waals surface area (Å²) in [5.74, 6) is -0.257. The van der Waals surface area contributed by atoms with E-state index in [1.165, 1.54) is 0 Å². The molecule has 9 heteroatoms. The minimum Gasteiger partial charge on any atom is -0.497 e. The van der Waals surface area contributed by atoms with E-state index in [1.54, 1.807) is 16.9 Å². The van der Waals surface area contributed by atoms with Crippen molar-refractivity contribution >= 4 is 45.6 Å². The molecule has 1 fully saturated rings. The van der Waals surface area contributed by atoms with Gasteiger partial charge in [-0.15, -0.1) is 0 Å². The molecule has 6 aromatic rings. The van der Waals surface area contributed by atoms with Gasteiger partial charge in [-0.2, -0.15) is 0 Å². The van der Waals surface area contributed by atoms with Gasteiger partial charge < -0.3 is 24.4 Å². The number of anilines is 3. The van der Waals surface area contributed by atoms with E-state index in [-0.39, 0.29) is 55.7 Å². The number of rotatable bonds is 12. The van der Waals surface area contributed by atoms with Gasteiger partial charge in [0.25, 0.3) is 11.8 Å². The van der Waals surface area contributed by atoms with Crippen molar-refractivity contribution in [3.63, 3.8) is 0 Å². The third kappa shape index (κ3) is 6.35. The van der Waals surface area contributed by atoms with Crippen molar-refractivity contribution in [1.29, 1.82) is 0 Å². The molecule has 1 saturated heterocycles. The van der Waals surface area contributed by atoms with E-state index >= 15 is 4.79 Å². The van der Waals surface area contributed by atoms with E-state index in [2.05, 4.69) is 32.9 Å². The predicted octanol–water partition coefficient (Wildman–Crippen LogP) is 8.92. The number of methoxy groups -OCH3 is 1. The number of benzene rings is 6. The lowest BCUT2D eigenvalue weighted by atomic mass is 9.63. The lowest BCUT2D eigenvalue weighted by Gasteiger charge is -2.39. The molecule has 3 aliphatic rings. The molecule has 1 spiro atoms. The van der Waals surface area contributed by atoms with Crippen LogP contribution in [0.4, 0.5) is 17.1 Å². The number of fused-ring (bicyclic) bond motifs is 2. The third-order valence-electron chi connectivity index (χ3n) is 13.1. The van der Waals surface area contributed by atoms with Gasteiger partial charge in [0.2, 0.25) is 5.91 Å². The molecule has 3 amide bonds. The number of carbonyl (C=O) groups is 3. The van der Waals surface area contributed by atoms with E-state index in [1.807, 2.05) is 132 Å². The largest absolute Gasteiger partial charge is 0.497 e. The molecule has 9 rings (SSSR count). The number of aliphatic hydroxyl groups is 1. The van der Waals surface area contributed by atoms with Gasteiger partial charge >= 0.3 is 0 Å². The molecule has 4 atom stereocenters. The first-order chi connectivity index (χ1) is 29.1. The summed E-state index contributed by atoms with van der Waals surface area (Å²) in [5.41, 5.74) is 4.86. The molecule has 3 aliphatic heterocycles. The predicted molar refractivity (Wildman–Crippen MR) is 233 cm³/mol. The number of amides is 3. The highest BCUT2D eigenvalue weighted by molar-refractivity contribution is 6.27. The standard InChI is InChI=1S/C51H49N3O6/c1-33-47(50(2,3)37-22-26-39(59-4)27-23-37)44(30-45(56)52(28-29-55)31-34-12-6-5-7-13-34)60-51(33)41-17-8-9-18-42(41)53(49(51)58)32-35-20-24-38(25-21-35)54-43-19-11-15-36-14-10-16-40(46(36)43)48(54)57/h5-27,33,44,47,55H,28-32H2,1-4H3/t33-,44+,47-,51+/m0/s1. The van der Waals surface area contributed by atoms with Crippen molar-refractivity contribution in [3.05, 3.63) is 167 Å². The van der Waals surface area contributed by atoms with Crippen molar-refractivity contribution in [2.45, 2.75) is 57.4 Å².